The Balaban J connectivity index is 0.00000243. The van der Waals surface area contributed by atoms with Gasteiger partial charge in [-0.1, -0.05) is 0 Å². The summed E-state index contributed by atoms with van der Waals surface area (Å²) in [6.07, 6.45) is 0.962. The van der Waals surface area contributed by atoms with Gasteiger partial charge in [-0.15, -0.1) is 12.4 Å². The maximum absolute atomic E-state index is 9.27. The van der Waals surface area contributed by atoms with E-state index in [1.54, 1.807) is 7.11 Å². The Bertz CT molecular complexity index is 721. The summed E-state index contributed by atoms with van der Waals surface area (Å²) in [4.78, 5) is 6.64. The third-order valence-corrected chi connectivity index (χ3v) is 4.11. The van der Waals surface area contributed by atoms with Crippen LogP contribution in [0.5, 0.6) is 5.75 Å². The molecule has 0 radical (unpaired) electrons. The molecule has 1 N–H and O–H groups in total. The second kappa shape index (κ2) is 10.0. The zero-order valence-electron chi connectivity index (χ0n) is 14.7. The highest BCUT2D eigenvalue weighted by molar-refractivity contribution is 5.85. The minimum atomic E-state index is 0. The van der Waals surface area contributed by atoms with Crippen molar-refractivity contribution in [3.63, 3.8) is 0 Å². The van der Waals surface area contributed by atoms with Crippen molar-refractivity contribution in [2.45, 2.75) is 6.42 Å². The van der Waals surface area contributed by atoms with E-state index >= 15 is 0 Å². The molecule has 26 heavy (non-hydrogen) atoms. The van der Waals surface area contributed by atoms with E-state index in [4.69, 9.17) is 13.9 Å². The number of hydrogen-bond acceptors (Lipinski definition) is 7. The van der Waals surface area contributed by atoms with Crippen LogP contribution in [0.4, 0.5) is 5.88 Å². The maximum Gasteiger partial charge on any atom is 0.232 e. The topological polar surface area (TPSA) is 83.5 Å². The lowest BCUT2D eigenvalue weighted by molar-refractivity contribution is 0.0378. The first-order chi connectivity index (χ1) is 12.3. The van der Waals surface area contributed by atoms with Gasteiger partial charge in [0.2, 0.25) is 17.5 Å². The van der Waals surface area contributed by atoms with Crippen molar-refractivity contribution in [2.24, 2.45) is 0 Å². The van der Waals surface area contributed by atoms with Crippen LogP contribution in [0.15, 0.2) is 28.7 Å². The van der Waals surface area contributed by atoms with E-state index in [0.29, 0.717) is 11.8 Å². The molecule has 0 amide bonds. The van der Waals surface area contributed by atoms with Crippen LogP contribution in [0, 0.1) is 11.3 Å². The Morgan fingerprint density at radius 3 is 2.65 bits per heavy atom. The molecule has 1 saturated heterocycles. The van der Waals surface area contributed by atoms with Gasteiger partial charge in [-0.25, -0.2) is 0 Å². The molecule has 3 rings (SSSR count). The predicted octanol–water partition coefficient (Wildman–Crippen LogP) is 2.78. The molecule has 0 saturated carbocycles. The number of ether oxygens (including phenoxy) is 2. The summed E-state index contributed by atoms with van der Waals surface area (Å²) >= 11 is 0. The van der Waals surface area contributed by atoms with Crippen LogP contribution in [-0.2, 0) is 4.74 Å². The fourth-order valence-corrected chi connectivity index (χ4v) is 2.70. The molecular formula is C18H23ClN4O3. The largest absolute Gasteiger partial charge is 0.497 e. The number of nitriles is 1. The molecule has 8 heteroatoms. The van der Waals surface area contributed by atoms with Gasteiger partial charge in [0.05, 0.1) is 20.3 Å². The fourth-order valence-electron chi connectivity index (χ4n) is 2.70. The van der Waals surface area contributed by atoms with Gasteiger partial charge in [-0.2, -0.15) is 10.2 Å². The first-order valence-corrected chi connectivity index (χ1v) is 8.39. The second-order valence-corrected chi connectivity index (χ2v) is 5.77. The van der Waals surface area contributed by atoms with Crippen molar-refractivity contribution in [2.75, 3.05) is 51.8 Å². The summed E-state index contributed by atoms with van der Waals surface area (Å²) in [7, 11) is 1.62. The van der Waals surface area contributed by atoms with Gasteiger partial charge < -0.3 is 19.2 Å². The van der Waals surface area contributed by atoms with E-state index in [1.807, 2.05) is 24.3 Å². The number of rotatable bonds is 7. The fraction of sp³-hybridized carbons (Fsp3) is 0.444. The van der Waals surface area contributed by atoms with Crippen molar-refractivity contribution < 1.29 is 13.9 Å². The standard InChI is InChI=1S/C18H22N4O3.ClH/c1-23-15-5-3-14(4-6-15)17-21-16(13-19)18(25-17)20-7-2-8-22-9-11-24-12-10-22;/h3-6,20H,2,7-12H2,1H3;1H. The number of anilines is 1. The molecule has 140 valence electrons. The molecular weight excluding hydrogens is 356 g/mol. The number of methoxy groups -OCH3 is 1. The van der Waals surface area contributed by atoms with Gasteiger partial charge in [-0.05, 0) is 37.2 Å². The SMILES string of the molecule is COc1ccc(-c2nc(C#N)c(NCCCN3CCOCC3)o2)cc1.Cl. The highest BCUT2D eigenvalue weighted by Crippen LogP contribution is 2.26. The zero-order valence-corrected chi connectivity index (χ0v) is 15.6. The van der Waals surface area contributed by atoms with Crippen molar-refractivity contribution in [3.8, 4) is 23.3 Å². The van der Waals surface area contributed by atoms with Crippen LogP contribution >= 0.6 is 12.4 Å². The van der Waals surface area contributed by atoms with E-state index < -0.39 is 0 Å². The Morgan fingerprint density at radius 2 is 2.00 bits per heavy atom. The lowest BCUT2D eigenvalue weighted by Crippen LogP contribution is -2.37. The smallest absolute Gasteiger partial charge is 0.232 e. The number of hydrogen-bond donors (Lipinski definition) is 1. The minimum Gasteiger partial charge on any atom is -0.497 e. The van der Waals surface area contributed by atoms with Crippen LogP contribution < -0.4 is 10.1 Å². The molecule has 1 aliphatic rings. The third-order valence-electron chi connectivity index (χ3n) is 4.11. The van der Waals surface area contributed by atoms with Crippen LogP contribution in [0.1, 0.15) is 12.1 Å². The summed E-state index contributed by atoms with van der Waals surface area (Å²) in [5, 5.41) is 12.4. The Labute approximate surface area is 159 Å². The van der Waals surface area contributed by atoms with E-state index in [2.05, 4.69) is 21.3 Å². The molecule has 1 fully saturated rings. The Morgan fingerprint density at radius 1 is 1.27 bits per heavy atom. The van der Waals surface area contributed by atoms with Gasteiger partial charge in [0.15, 0.2) is 0 Å². The zero-order chi connectivity index (χ0) is 17.5. The quantitative estimate of drug-likeness (QED) is 0.741. The second-order valence-electron chi connectivity index (χ2n) is 5.77. The third kappa shape index (κ3) is 5.11. The summed E-state index contributed by atoms with van der Waals surface area (Å²) in [6.45, 7) is 5.29. The van der Waals surface area contributed by atoms with Crippen LogP contribution in [0.2, 0.25) is 0 Å². The van der Waals surface area contributed by atoms with Gasteiger partial charge in [-0.3, -0.25) is 4.90 Å². The molecule has 0 spiro atoms. The number of benzene rings is 1. The number of oxazole rings is 1. The van der Waals surface area contributed by atoms with Crippen molar-refractivity contribution in [1.82, 2.24) is 9.88 Å². The number of nitrogens with zero attached hydrogens (tertiary/aromatic N) is 3. The highest BCUT2D eigenvalue weighted by Gasteiger charge is 2.15. The molecule has 0 bridgehead atoms. The molecule has 1 aliphatic heterocycles. The molecule has 0 aliphatic carbocycles. The number of nitrogens with one attached hydrogen (secondary N) is 1. The van der Waals surface area contributed by atoms with Crippen molar-refractivity contribution in [1.29, 1.82) is 5.26 Å². The first kappa shape index (κ1) is 20.0. The summed E-state index contributed by atoms with van der Waals surface area (Å²) in [5.74, 6) is 1.61. The molecule has 1 aromatic heterocycles. The maximum atomic E-state index is 9.27. The van der Waals surface area contributed by atoms with E-state index in [1.165, 1.54) is 0 Å². The monoisotopic (exact) mass is 378 g/mol. The molecule has 2 heterocycles. The highest BCUT2D eigenvalue weighted by atomic mass is 35.5. The Hall–Kier alpha value is -2.27. The van der Waals surface area contributed by atoms with E-state index in [0.717, 1.165) is 57.1 Å². The number of aromatic nitrogens is 1. The van der Waals surface area contributed by atoms with Gasteiger partial charge >= 0.3 is 0 Å². The van der Waals surface area contributed by atoms with Crippen LogP contribution in [0.3, 0.4) is 0 Å². The predicted molar refractivity (Wildman–Crippen MR) is 101 cm³/mol. The van der Waals surface area contributed by atoms with Gasteiger partial charge in [0.1, 0.15) is 11.8 Å². The lowest BCUT2D eigenvalue weighted by Gasteiger charge is -2.26. The first-order valence-electron chi connectivity index (χ1n) is 8.39. The number of morpholine rings is 1. The van der Waals surface area contributed by atoms with E-state index in [-0.39, 0.29) is 18.1 Å². The molecule has 2 aromatic rings. The lowest BCUT2D eigenvalue weighted by atomic mass is 10.2. The molecule has 1 aromatic carbocycles. The average molecular weight is 379 g/mol. The Kier molecular flexibility index (Phi) is 7.73. The summed E-state index contributed by atoms with van der Waals surface area (Å²) in [5.41, 5.74) is 1.08. The van der Waals surface area contributed by atoms with Gasteiger partial charge in [0.25, 0.3) is 0 Å². The normalized spacial score (nSPS) is 14.3. The average Bonchev–Trinajstić information content (AvgIpc) is 3.09. The molecule has 7 nitrogen and oxygen atoms in total. The van der Waals surface area contributed by atoms with Crippen molar-refractivity contribution in [3.05, 3.63) is 30.0 Å². The van der Waals surface area contributed by atoms with Crippen molar-refractivity contribution >= 4 is 18.3 Å². The summed E-state index contributed by atoms with van der Waals surface area (Å²) < 4.78 is 16.2. The van der Waals surface area contributed by atoms with E-state index in [9.17, 15) is 5.26 Å². The number of halogens is 1. The molecule has 0 unspecified atom stereocenters. The van der Waals surface area contributed by atoms with Gasteiger partial charge in [0, 0.05) is 25.2 Å². The van der Waals surface area contributed by atoms with Crippen LogP contribution in [-0.4, -0.2) is 56.4 Å². The summed E-state index contributed by atoms with van der Waals surface area (Å²) in [6, 6.07) is 9.46. The minimum absolute atomic E-state index is 0. The van der Waals surface area contributed by atoms with Crippen LogP contribution in [0.25, 0.3) is 11.5 Å². The molecule has 0 atom stereocenters.